The van der Waals surface area contributed by atoms with E-state index < -0.39 is 6.04 Å². The number of benzene rings is 2. The molecule has 2 aromatic carbocycles. The maximum atomic E-state index is 13.1. The van der Waals surface area contributed by atoms with Crippen LogP contribution < -0.4 is 15.0 Å². The van der Waals surface area contributed by atoms with Crippen molar-refractivity contribution in [2.75, 3.05) is 51.3 Å². The van der Waals surface area contributed by atoms with Gasteiger partial charge in [-0.2, -0.15) is 0 Å². The summed E-state index contributed by atoms with van der Waals surface area (Å²) in [6.45, 7) is 9.09. The Labute approximate surface area is 196 Å². The molecule has 2 saturated heterocycles. The Morgan fingerprint density at radius 3 is 2.42 bits per heavy atom. The van der Waals surface area contributed by atoms with E-state index >= 15 is 0 Å². The third-order valence-corrected chi connectivity index (χ3v) is 7.01. The van der Waals surface area contributed by atoms with E-state index in [0.717, 1.165) is 36.5 Å². The van der Waals surface area contributed by atoms with E-state index in [0.29, 0.717) is 26.2 Å². The Kier molecular flexibility index (Phi) is 7.18. The molecule has 0 spiro atoms. The van der Waals surface area contributed by atoms with E-state index in [4.69, 9.17) is 4.74 Å². The van der Waals surface area contributed by atoms with Crippen molar-refractivity contribution in [3.8, 4) is 5.75 Å². The summed E-state index contributed by atoms with van der Waals surface area (Å²) in [5.41, 5.74) is 4.63. The highest BCUT2D eigenvalue weighted by atomic mass is 16.5. The molecule has 4 rings (SSSR count). The summed E-state index contributed by atoms with van der Waals surface area (Å²) in [7, 11) is 1.68. The van der Waals surface area contributed by atoms with Gasteiger partial charge in [0, 0.05) is 51.5 Å². The Morgan fingerprint density at radius 2 is 1.73 bits per heavy atom. The number of nitrogens with zero attached hydrogens (tertiary/aromatic N) is 3. The predicted octanol–water partition coefficient (Wildman–Crippen LogP) is 2.35. The van der Waals surface area contributed by atoms with Crippen LogP contribution in [0, 0.1) is 13.8 Å². The number of piperazine rings is 2. The first-order valence-electron chi connectivity index (χ1n) is 11.7. The monoisotopic (exact) mass is 450 g/mol. The summed E-state index contributed by atoms with van der Waals surface area (Å²) in [5.74, 6) is 0.867. The van der Waals surface area contributed by atoms with Gasteiger partial charge in [0.05, 0.1) is 19.6 Å². The van der Waals surface area contributed by atoms with Gasteiger partial charge < -0.3 is 19.9 Å². The second-order valence-electron chi connectivity index (χ2n) is 8.86. The van der Waals surface area contributed by atoms with Crippen LogP contribution >= 0.6 is 0 Å². The van der Waals surface area contributed by atoms with Crippen molar-refractivity contribution >= 4 is 17.5 Å². The molecule has 7 nitrogen and oxygen atoms in total. The van der Waals surface area contributed by atoms with E-state index in [2.05, 4.69) is 47.2 Å². The molecule has 176 valence electrons. The van der Waals surface area contributed by atoms with Gasteiger partial charge in [0.1, 0.15) is 5.75 Å². The highest BCUT2D eigenvalue weighted by Gasteiger charge is 2.34. The van der Waals surface area contributed by atoms with Crippen LogP contribution in [0.2, 0.25) is 0 Å². The molecule has 2 aromatic rings. The average Bonchev–Trinajstić information content (AvgIpc) is 2.85. The second-order valence-corrected chi connectivity index (χ2v) is 8.86. The maximum absolute atomic E-state index is 13.1. The zero-order valence-electron chi connectivity index (χ0n) is 19.8. The zero-order valence-corrected chi connectivity index (χ0v) is 19.8. The smallest absolute Gasteiger partial charge is 0.237 e. The van der Waals surface area contributed by atoms with Crippen LogP contribution in [0.4, 0.5) is 5.69 Å². The molecule has 0 saturated carbocycles. The van der Waals surface area contributed by atoms with Crippen LogP contribution in [-0.2, 0) is 16.1 Å². The Hall–Kier alpha value is -3.06. The van der Waals surface area contributed by atoms with Gasteiger partial charge in [0.25, 0.3) is 0 Å². The van der Waals surface area contributed by atoms with E-state index in [-0.39, 0.29) is 18.2 Å². The number of para-hydroxylation sites is 1. The van der Waals surface area contributed by atoms with E-state index in [9.17, 15) is 9.59 Å². The molecule has 1 atom stereocenters. The number of carbonyl (C=O) groups is 2. The lowest BCUT2D eigenvalue weighted by atomic mass is 10.00. The van der Waals surface area contributed by atoms with E-state index in [1.165, 1.54) is 11.3 Å². The quantitative estimate of drug-likeness (QED) is 0.732. The van der Waals surface area contributed by atoms with E-state index in [1.807, 2.05) is 29.2 Å². The fraction of sp³-hybridized carbons (Fsp3) is 0.462. The fourth-order valence-corrected chi connectivity index (χ4v) is 4.78. The van der Waals surface area contributed by atoms with Gasteiger partial charge in [-0.25, -0.2) is 0 Å². The van der Waals surface area contributed by atoms with Crippen LogP contribution in [0.3, 0.4) is 0 Å². The van der Waals surface area contributed by atoms with Crippen LogP contribution in [0.15, 0.2) is 42.5 Å². The number of anilines is 1. The van der Waals surface area contributed by atoms with Crippen LogP contribution in [-0.4, -0.2) is 74.0 Å². The highest BCUT2D eigenvalue weighted by Crippen LogP contribution is 2.26. The number of hydrogen-bond donors (Lipinski definition) is 1. The lowest BCUT2D eigenvalue weighted by Crippen LogP contribution is -2.57. The molecule has 0 aromatic heterocycles. The molecule has 2 aliphatic heterocycles. The van der Waals surface area contributed by atoms with Crippen molar-refractivity contribution in [1.29, 1.82) is 0 Å². The van der Waals surface area contributed by atoms with Crippen molar-refractivity contribution in [1.82, 2.24) is 15.1 Å². The van der Waals surface area contributed by atoms with Crippen LogP contribution in [0.25, 0.3) is 0 Å². The van der Waals surface area contributed by atoms with E-state index in [1.54, 1.807) is 7.11 Å². The maximum Gasteiger partial charge on any atom is 0.237 e. The first-order chi connectivity index (χ1) is 16.0. The van der Waals surface area contributed by atoms with Crippen molar-refractivity contribution in [2.24, 2.45) is 0 Å². The van der Waals surface area contributed by atoms with Crippen molar-refractivity contribution in [3.05, 3.63) is 59.2 Å². The molecule has 33 heavy (non-hydrogen) atoms. The minimum absolute atomic E-state index is 0.0531. The molecular weight excluding hydrogens is 416 g/mol. The zero-order chi connectivity index (χ0) is 23.4. The summed E-state index contributed by atoms with van der Waals surface area (Å²) in [4.78, 5) is 32.2. The third-order valence-electron chi connectivity index (χ3n) is 7.01. The normalized spacial score (nSPS) is 19.4. The third kappa shape index (κ3) is 5.14. The first-order valence-corrected chi connectivity index (χ1v) is 11.7. The van der Waals surface area contributed by atoms with Crippen molar-refractivity contribution in [2.45, 2.75) is 32.9 Å². The molecule has 2 aliphatic rings. The summed E-state index contributed by atoms with van der Waals surface area (Å²) < 4.78 is 5.43. The van der Waals surface area contributed by atoms with Gasteiger partial charge in [-0.15, -0.1) is 0 Å². The molecule has 0 radical (unpaired) electrons. The lowest BCUT2D eigenvalue weighted by molar-refractivity contribution is -0.139. The molecule has 1 N–H and O–H groups in total. The molecule has 2 fully saturated rings. The summed E-state index contributed by atoms with van der Waals surface area (Å²) >= 11 is 0. The number of hydrogen-bond acceptors (Lipinski definition) is 5. The summed E-state index contributed by atoms with van der Waals surface area (Å²) in [6, 6.07) is 13.9. The topological polar surface area (TPSA) is 65.1 Å². The molecule has 2 amide bonds. The van der Waals surface area contributed by atoms with Crippen LogP contribution in [0.5, 0.6) is 5.75 Å². The van der Waals surface area contributed by atoms with Gasteiger partial charge in [-0.05, 0) is 48.7 Å². The molecule has 0 unspecified atom stereocenters. The Morgan fingerprint density at radius 1 is 1.00 bits per heavy atom. The number of ether oxygens (including phenoxy) is 1. The minimum atomic E-state index is -0.444. The Bertz CT molecular complexity index is 987. The number of nitrogens with one attached hydrogen (secondary N) is 1. The van der Waals surface area contributed by atoms with Crippen molar-refractivity contribution in [3.63, 3.8) is 0 Å². The standard InChI is InChI=1S/C26H34N4O3/c1-19-20(2)24(33-3)10-9-21(19)18-30-12-11-27-26(32)23(30)17-25(31)29-15-13-28(14-16-29)22-7-5-4-6-8-22/h4-10,23H,11-18H2,1-3H3,(H,27,32)/t23-/m0/s1. The minimum Gasteiger partial charge on any atom is -0.496 e. The van der Waals surface area contributed by atoms with Gasteiger partial charge in [0.15, 0.2) is 0 Å². The number of methoxy groups -OCH3 is 1. The Balaban J connectivity index is 1.40. The van der Waals surface area contributed by atoms with Gasteiger partial charge in [-0.1, -0.05) is 24.3 Å². The predicted molar refractivity (Wildman–Crippen MR) is 130 cm³/mol. The molecule has 0 aliphatic carbocycles. The number of rotatable bonds is 6. The van der Waals surface area contributed by atoms with Gasteiger partial charge >= 0.3 is 0 Å². The van der Waals surface area contributed by atoms with Gasteiger partial charge in [0.2, 0.25) is 11.8 Å². The molecule has 0 bridgehead atoms. The van der Waals surface area contributed by atoms with Crippen LogP contribution in [0.1, 0.15) is 23.1 Å². The highest BCUT2D eigenvalue weighted by molar-refractivity contribution is 5.89. The molecule has 2 heterocycles. The fourth-order valence-electron chi connectivity index (χ4n) is 4.78. The first kappa shape index (κ1) is 23.1. The summed E-state index contributed by atoms with van der Waals surface area (Å²) in [6.07, 6.45) is 0.214. The lowest BCUT2D eigenvalue weighted by Gasteiger charge is -2.39. The molecular formula is C26H34N4O3. The average molecular weight is 451 g/mol. The number of amides is 2. The largest absolute Gasteiger partial charge is 0.496 e. The number of carbonyl (C=O) groups excluding carboxylic acids is 2. The summed E-state index contributed by atoms with van der Waals surface area (Å²) in [5, 5.41) is 2.95. The SMILES string of the molecule is COc1ccc(CN2CCNC(=O)[C@@H]2CC(=O)N2CCN(c3ccccc3)CC2)c(C)c1C. The molecule has 7 heteroatoms. The van der Waals surface area contributed by atoms with Crippen molar-refractivity contribution < 1.29 is 14.3 Å². The second kappa shape index (κ2) is 10.3. The van der Waals surface area contributed by atoms with Gasteiger partial charge in [-0.3, -0.25) is 14.5 Å².